The zero-order valence-corrected chi connectivity index (χ0v) is 26.7. The summed E-state index contributed by atoms with van der Waals surface area (Å²) < 4.78 is 34.1. The van der Waals surface area contributed by atoms with Crippen molar-refractivity contribution >= 4 is 30.8 Å². The van der Waals surface area contributed by atoms with E-state index in [0.717, 1.165) is 11.1 Å². The topological polar surface area (TPSA) is 154 Å². The molecular weight excluding hydrogens is 585 g/mol. The molecule has 2 saturated heterocycles. The summed E-state index contributed by atoms with van der Waals surface area (Å²) in [5, 5.41) is 2.65. The molecule has 0 radical (unpaired) electrons. The van der Waals surface area contributed by atoms with E-state index in [2.05, 4.69) is 15.3 Å². The highest BCUT2D eigenvalue weighted by Crippen LogP contribution is 2.40. The number of aromatic amines is 1. The first-order valence-electron chi connectivity index (χ1n) is 15.2. The van der Waals surface area contributed by atoms with Gasteiger partial charge in [-0.25, -0.2) is 14.6 Å². The zero-order valence-electron chi connectivity index (χ0n) is 26.7. The van der Waals surface area contributed by atoms with E-state index in [1.807, 2.05) is 53.7 Å². The Labute approximate surface area is 262 Å². The lowest BCUT2D eigenvalue weighted by molar-refractivity contribution is -0.135. The van der Waals surface area contributed by atoms with Gasteiger partial charge in [-0.05, 0) is 56.9 Å². The minimum Gasteiger partial charge on any atom is -0.454 e. The fourth-order valence-corrected chi connectivity index (χ4v) is 6.01. The summed E-state index contributed by atoms with van der Waals surface area (Å²) in [6.07, 6.45) is 0.114. The maximum Gasteiger partial charge on any atom is 0.513 e. The number of fused-ring (bicyclic) bond motifs is 2. The highest BCUT2D eigenvalue weighted by molar-refractivity contribution is 6.61. The van der Waals surface area contributed by atoms with Crippen LogP contribution < -0.4 is 20.4 Å². The van der Waals surface area contributed by atoms with Crippen LogP contribution in [0.25, 0.3) is 0 Å². The zero-order chi connectivity index (χ0) is 32.3. The molecule has 6 rings (SSSR count). The molecular formula is C30H40BN5O9. The van der Waals surface area contributed by atoms with Gasteiger partial charge in [0.1, 0.15) is 18.0 Å². The molecule has 5 heterocycles. The van der Waals surface area contributed by atoms with Crippen LogP contribution in [0.4, 0.5) is 9.59 Å². The van der Waals surface area contributed by atoms with E-state index >= 15 is 0 Å². The van der Waals surface area contributed by atoms with Gasteiger partial charge in [-0.2, -0.15) is 0 Å². The Hall–Kier alpha value is -3.98. The van der Waals surface area contributed by atoms with Crippen LogP contribution in [0.3, 0.4) is 0 Å². The molecule has 1 aromatic heterocycles. The first kappa shape index (κ1) is 31.0. The van der Waals surface area contributed by atoms with Gasteiger partial charge in [-0.15, -0.1) is 0 Å². The molecule has 14 nitrogen and oxygen atoms in total. The van der Waals surface area contributed by atoms with Crippen molar-refractivity contribution in [3.63, 3.8) is 0 Å². The van der Waals surface area contributed by atoms with Gasteiger partial charge in [0.05, 0.1) is 36.5 Å². The second kappa shape index (κ2) is 11.4. The van der Waals surface area contributed by atoms with E-state index in [-0.39, 0.29) is 25.2 Å². The van der Waals surface area contributed by atoms with Crippen molar-refractivity contribution in [1.82, 2.24) is 25.1 Å². The van der Waals surface area contributed by atoms with Crippen LogP contribution in [0.5, 0.6) is 11.5 Å². The largest absolute Gasteiger partial charge is 0.513 e. The summed E-state index contributed by atoms with van der Waals surface area (Å²) in [4.78, 5) is 50.6. The molecule has 4 aliphatic rings. The van der Waals surface area contributed by atoms with Gasteiger partial charge < -0.3 is 43.5 Å². The number of hydrogen-bond donors (Lipinski definition) is 2. The molecule has 0 aliphatic carbocycles. The standard InChI is InChI=1S/C30H40BN5O9/c1-16(2)24(34-27(38)40-7)26(37)36-14-19(43-28(39)35-12-17-8-21-22(42-15-41-21)9-18(17)13-35)10-20(36)25-32-11-23(33-25)31-44-29(3,4)30(5,6)45-31/h8-9,11,16,19-20,24H,10,12-15H2,1-7H3,(H,32,33)(H,34,38)/t19?,20-,24-/m0/s1. The number of carbonyl (C=O) groups is 3. The van der Waals surface area contributed by atoms with Crippen LogP contribution in [0, 0.1) is 5.92 Å². The Bertz CT molecular complexity index is 1440. The number of likely N-dealkylation sites (tertiary alicyclic amines) is 1. The van der Waals surface area contributed by atoms with E-state index in [9.17, 15) is 14.4 Å². The number of nitrogens with zero attached hydrogens (tertiary/aromatic N) is 3. The number of aromatic nitrogens is 2. The van der Waals surface area contributed by atoms with Gasteiger partial charge in [0.15, 0.2) is 11.5 Å². The first-order valence-corrected chi connectivity index (χ1v) is 15.2. The lowest BCUT2D eigenvalue weighted by atomic mass is 9.86. The van der Waals surface area contributed by atoms with Crippen LogP contribution in [-0.2, 0) is 36.7 Å². The Morgan fingerprint density at radius 1 is 1.07 bits per heavy atom. The normalized spacial score (nSPS) is 23.3. The fourth-order valence-electron chi connectivity index (χ4n) is 6.01. The summed E-state index contributed by atoms with van der Waals surface area (Å²) in [6.45, 7) is 12.6. The Kier molecular flexibility index (Phi) is 7.88. The molecule has 1 unspecified atom stereocenters. The summed E-state index contributed by atoms with van der Waals surface area (Å²) in [6, 6.07) is 2.35. The van der Waals surface area contributed by atoms with Crippen molar-refractivity contribution < 1.29 is 42.6 Å². The average molecular weight is 625 g/mol. The number of imidazole rings is 1. The Morgan fingerprint density at radius 2 is 1.69 bits per heavy atom. The van der Waals surface area contributed by atoms with E-state index in [1.165, 1.54) is 7.11 Å². The van der Waals surface area contributed by atoms with Gasteiger partial charge in [0.2, 0.25) is 12.7 Å². The third-order valence-corrected chi connectivity index (χ3v) is 9.32. The number of carbonyl (C=O) groups excluding carboxylic acids is 3. The lowest BCUT2D eigenvalue weighted by Crippen LogP contribution is -2.51. The summed E-state index contributed by atoms with van der Waals surface area (Å²) in [5.41, 5.74) is 1.46. The molecule has 0 spiro atoms. The number of nitrogens with one attached hydrogen (secondary N) is 2. The predicted octanol–water partition coefficient (Wildman–Crippen LogP) is 2.61. The summed E-state index contributed by atoms with van der Waals surface area (Å²) in [7, 11) is 0.573. The van der Waals surface area contributed by atoms with Crippen molar-refractivity contribution in [1.29, 1.82) is 0 Å². The van der Waals surface area contributed by atoms with E-state index < -0.39 is 48.7 Å². The minimum atomic E-state index is -0.869. The lowest BCUT2D eigenvalue weighted by Gasteiger charge is -2.32. The highest BCUT2D eigenvalue weighted by Gasteiger charge is 2.53. The van der Waals surface area contributed by atoms with Crippen molar-refractivity contribution in [3.05, 3.63) is 35.3 Å². The number of alkyl carbamates (subject to hydrolysis) is 1. The molecule has 4 aliphatic heterocycles. The molecule has 45 heavy (non-hydrogen) atoms. The molecule has 2 aromatic rings. The molecule has 1 aromatic carbocycles. The van der Waals surface area contributed by atoms with Crippen molar-refractivity contribution in [3.8, 4) is 11.5 Å². The maximum absolute atomic E-state index is 14.0. The van der Waals surface area contributed by atoms with Crippen LogP contribution in [0.1, 0.15) is 71.0 Å². The van der Waals surface area contributed by atoms with Gasteiger partial charge >= 0.3 is 19.3 Å². The van der Waals surface area contributed by atoms with Crippen LogP contribution in [-0.4, -0.2) is 88.8 Å². The fraction of sp³-hybridized carbons (Fsp3) is 0.600. The number of hydrogen-bond acceptors (Lipinski definition) is 10. The monoisotopic (exact) mass is 625 g/mol. The van der Waals surface area contributed by atoms with Gasteiger partial charge in [0, 0.05) is 25.7 Å². The van der Waals surface area contributed by atoms with Gasteiger partial charge in [-0.3, -0.25) is 9.69 Å². The molecule has 242 valence electrons. The molecule has 3 amide bonds. The smallest absolute Gasteiger partial charge is 0.454 e. The number of benzene rings is 1. The quantitative estimate of drug-likeness (QED) is 0.458. The Morgan fingerprint density at radius 3 is 2.27 bits per heavy atom. The predicted molar refractivity (Wildman–Crippen MR) is 160 cm³/mol. The van der Waals surface area contributed by atoms with E-state index in [4.69, 9.17) is 28.3 Å². The number of ether oxygens (including phenoxy) is 4. The highest BCUT2D eigenvalue weighted by atomic mass is 16.7. The molecule has 0 saturated carbocycles. The third-order valence-electron chi connectivity index (χ3n) is 9.32. The molecule has 3 atom stereocenters. The average Bonchev–Trinajstić information content (AvgIpc) is 3.79. The number of rotatable bonds is 6. The second-order valence-electron chi connectivity index (χ2n) is 13.2. The first-order chi connectivity index (χ1) is 21.3. The number of H-pyrrole nitrogens is 1. The SMILES string of the molecule is COC(=O)N[C@H](C(=O)N1CC(OC(=O)N2Cc3cc4c(cc3C2)OCO4)C[C@H]1c1ncc(B2OC(C)(C)C(C)(C)O2)[nH]1)C(C)C. The Balaban J connectivity index is 1.20. The van der Waals surface area contributed by atoms with Crippen LogP contribution in [0.15, 0.2) is 18.3 Å². The van der Waals surface area contributed by atoms with Crippen molar-refractivity contribution in [2.24, 2.45) is 5.92 Å². The molecule has 0 bridgehead atoms. The molecule has 15 heteroatoms. The van der Waals surface area contributed by atoms with Gasteiger partial charge in [-0.1, -0.05) is 13.8 Å². The van der Waals surface area contributed by atoms with Crippen LogP contribution in [0.2, 0.25) is 0 Å². The molecule has 2 N–H and O–H groups in total. The van der Waals surface area contributed by atoms with Gasteiger partial charge in [0.25, 0.3) is 0 Å². The van der Waals surface area contributed by atoms with Crippen LogP contribution >= 0.6 is 0 Å². The third kappa shape index (κ3) is 5.78. The van der Waals surface area contributed by atoms with E-state index in [0.29, 0.717) is 42.4 Å². The number of methoxy groups -OCH3 is 1. The van der Waals surface area contributed by atoms with E-state index in [1.54, 1.807) is 16.0 Å². The number of amides is 3. The second-order valence-corrected chi connectivity index (χ2v) is 13.2. The maximum atomic E-state index is 14.0. The summed E-state index contributed by atoms with van der Waals surface area (Å²) >= 11 is 0. The summed E-state index contributed by atoms with van der Waals surface area (Å²) in [5.74, 6) is 1.24. The van der Waals surface area contributed by atoms with Crippen molar-refractivity contribution in [2.75, 3.05) is 20.4 Å². The molecule has 2 fully saturated rings. The minimum absolute atomic E-state index is 0.116. The van der Waals surface area contributed by atoms with Crippen molar-refractivity contribution in [2.45, 2.75) is 90.4 Å².